The summed E-state index contributed by atoms with van der Waals surface area (Å²) in [5, 5.41) is 16.8. The molecule has 1 atom stereocenters. The van der Waals surface area contributed by atoms with Gasteiger partial charge in [0.2, 0.25) is 0 Å². The van der Waals surface area contributed by atoms with Gasteiger partial charge in [0.05, 0.1) is 69.9 Å². The van der Waals surface area contributed by atoms with Crippen LogP contribution in [0.15, 0.2) is 12.2 Å². The van der Waals surface area contributed by atoms with Gasteiger partial charge in [-0.15, -0.1) is 0 Å². The van der Waals surface area contributed by atoms with E-state index in [2.05, 4.69) is 72.8 Å². The minimum absolute atomic E-state index is 0.175. The Labute approximate surface area is 369 Å². The summed E-state index contributed by atoms with van der Waals surface area (Å²) in [4.78, 5) is 46.4. The molecule has 0 heterocycles. The normalized spacial score (nSPS) is 12.4. The molecule has 0 aromatic rings. The molecule has 0 aliphatic carbocycles. The lowest BCUT2D eigenvalue weighted by molar-refractivity contribution is -0.870. The molecule has 60 heavy (non-hydrogen) atoms. The maximum Gasteiger partial charge on any atom is 0.306 e. The summed E-state index contributed by atoms with van der Waals surface area (Å²) in [7, 11) is 7.07. The lowest BCUT2D eigenvalue weighted by atomic mass is 10.0. The van der Waals surface area contributed by atoms with Gasteiger partial charge in [0.25, 0.3) is 0 Å². The fraction of sp³-hybridized carbons (Fsp3) is 0.915. The highest BCUT2D eigenvalue weighted by Gasteiger charge is 2.18. The van der Waals surface area contributed by atoms with Crippen LogP contribution >= 0.6 is 7.82 Å². The summed E-state index contributed by atoms with van der Waals surface area (Å²) in [6, 6.07) is 0. The van der Waals surface area contributed by atoms with Gasteiger partial charge in [-0.1, -0.05) is 154 Å². The number of rotatable bonds is 39. The number of phosphoric acid groups is 1. The number of ether oxygens (including phenoxy) is 2. The van der Waals surface area contributed by atoms with E-state index in [1.807, 2.05) is 0 Å². The molecule has 360 valence electrons. The number of quaternary nitrogens is 2. The van der Waals surface area contributed by atoms with Crippen molar-refractivity contribution in [3.05, 3.63) is 12.2 Å². The molecule has 0 bridgehead atoms. The Bertz CT molecular complexity index is 995. The highest BCUT2D eigenvalue weighted by atomic mass is 31.2. The first kappa shape index (κ1) is 62.9. The topological polar surface area (TPSA) is 165 Å². The number of aliphatic hydroxyl groups is 2. The molecule has 1 unspecified atom stereocenters. The minimum Gasteiger partial charge on any atom is -0.790 e. The molecule has 0 saturated heterocycles. The number of carbonyl (C=O) groups is 2. The average molecular weight is 881 g/mol. The number of carbonyl (C=O) groups excluding carboxylic acids is 2. The van der Waals surface area contributed by atoms with E-state index < -0.39 is 32.5 Å². The van der Waals surface area contributed by atoms with Crippen molar-refractivity contribution in [3.63, 3.8) is 0 Å². The SMILES string of the molecule is CCCCCCCC/C=C\CCCCCCCC(=O)OC(COC(=O)CCCCCCCCCCCCCCC)COP(=O)([O-])[O-].C[N+](C)(C)CCO.C[N+](C)(C)CCO. The molecule has 0 aliphatic rings. The third kappa shape index (κ3) is 60.9. The molecule has 0 rings (SSSR count). The third-order valence-electron chi connectivity index (χ3n) is 9.82. The number of likely N-dealkylation sites (N-methyl/N-ethyl adjacent to an activating group) is 2. The average Bonchev–Trinajstić information content (AvgIpc) is 3.15. The molecule has 0 aromatic carbocycles. The van der Waals surface area contributed by atoms with Crippen molar-refractivity contribution in [3.8, 4) is 0 Å². The summed E-state index contributed by atoms with van der Waals surface area (Å²) in [6.07, 6.45) is 34.6. The lowest BCUT2D eigenvalue weighted by Crippen LogP contribution is -2.36. The van der Waals surface area contributed by atoms with Crippen molar-refractivity contribution >= 4 is 19.8 Å². The molecule has 13 heteroatoms. The van der Waals surface area contributed by atoms with Gasteiger partial charge in [-0.05, 0) is 38.5 Å². The van der Waals surface area contributed by atoms with E-state index >= 15 is 0 Å². The molecule has 0 fully saturated rings. The number of esters is 2. The molecule has 0 radical (unpaired) electrons. The quantitative estimate of drug-likeness (QED) is 0.0200. The maximum absolute atomic E-state index is 12.3. The Morgan fingerprint density at radius 2 is 0.867 bits per heavy atom. The summed E-state index contributed by atoms with van der Waals surface area (Å²) in [5.74, 6) is -0.959. The van der Waals surface area contributed by atoms with E-state index in [1.54, 1.807) is 0 Å². The number of nitrogens with zero attached hydrogens (tertiary/aromatic N) is 2. The largest absolute Gasteiger partial charge is 0.790 e. The van der Waals surface area contributed by atoms with Crippen molar-refractivity contribution in [2.75, 3.05) is 81.8 Å². The molecule has 0 spiro atoms. The fourth-order valence-electron chi connectivity index (χ4n) is 6.02. The van der Waals surface area contributed by atoms with Crippen LogP contribution in [-0.2, 0) is 28.2 Å². The Hall–Kier alpha value is -1.37. The van der Waals surface area contributed by atoms with Crippen LogP contribution < -0.4 is 9.79 Å². The molecule has 0 aromatic heterocycles. The summed E-state index contributed by atoms with van der Waals surface area (Å²) in [6.45, 7) is 5.71. The summed E-state index contributed by atoms with van der Waals surface area (Å²) in [5.41, 5.74) is 0. The smallest absolute Gasteiger partial charge is 0.306 e. The monoisotopic (exact) mass is 881 g/mol. The lowest BCUT2D eigenvalue weighted by Gasteiger charge is -2.30. The van der Waals surface area contributed by atoms with E-state index in [9.17, 15) is 23.9 Å². The predicted molar refractivity (Wildman–Crippen MR) is 244 cm³/mol. The van der Waals surface area contributed by atoms with Gasteiger partial charge in [0.1, 0.15) is 19.7 Å². The van der Waals surface area contributed by atoms with Crippen LogP contribution in [0, 0.1) is 0 Å². The zero-order chi connectivity index (χ0) is 45.8. The van der Waals surface area contributed by atoms with E-state index in [4.69, 9.17) is 19.7 Å². The van der Waals surface area contributed by atoms with E-state index in [1.165, 1.54) is 109 Å². The molecule has 2 N–H and O–H groups in total. The van der Waals surface area contributed by atoms with Gasteiger partial charge in [-0.3, -0.25) is 9.59 Å². The zero-order valence-electron chi connectivity index (χ0n) is 40.3. The number of hydrogen-bond acceptors (Lipinski definition) is 10. The highest BCUT2D eigenvalue weighted by Crippen LogP contribution is 2.25. The standard InChI is InChI=1S/C37H71O8P.2C5H14NO/c1-3-5-7-9-11-13-15-17-18-20-22-24-26-28-30-32-37(39)45-35(34-44-46(40,41)42)33-43-36(38)31-29-27-25-23-21-19-16-14-12-10-8-6-4-2;2*1-6(2,3)4-5-7/h17-18,35H,3-16,19-34H2,1-2H3,(H2,40,41,42);2*7H,4-5H2,1-3H3/q;2*+1/p-2/b18-17-;;. The van der Waals surface area contributed by atoms with Crippen LogP contribution in [-0.4, -0.2) is 119 Å². The number of hydrogen-bond donors (Lipinski definition) is 2. The van der Waals surface area contributed by atoms with Crippen LogP contribution in [0.3, 0.4) is 0 Å². The number of allylic oxidation sites excluding steroid dienone is 2. The Kier molecular flexibility index (Phi) is 46.4. The van der Waals surface area contributed by atoms with Crippen molar-refractivity contribution in [2.24, 2.45) is 0 Å². The van der Waals surface area contributed by atoms with Gasteiger partial charge in [-0.25, -0.2) is 0 Å². The van der Waals surface area contributed by atoms with Crippen LogP contribution in [0.2, 0.25) is 0 Å². The molecular formula is C47H97N2O10P. The molecule has 0 saturated carbocycles. The van der Waals surface area contributed by atoms with Crippen molar-refractivity contribution in [2.45, 2.75) is 200 Å². The van der Waals surface area contributed by atoms with E-state index in [-0.39, 0.29) is 32.7 Å². The van der Waals surface area contributed by atoms with Gasteiger partial charge in [-0.2, -0.15) is 0 Å². The number of unbranched alkanes of at least 4 members (excludes halogenated alkanes) is 23. The first-order valence-corrected chi connectivity index (χ1v) is 25.4. The molecular weight excluding hydrogens is 783 g/mol. The summed E-state index contributed by atoms with van der Waals surface area (Å²) < 4.78 is 27.4. The van der Waals surface area contributed by atoms with Crippen molar-refractivity contribution in [1.29, 1.82) is 0 Å². The van der Waals surface area contributed by atoms with E-state index in [0.29, 0.717) is 12.8 Å². The van der Waals surface area contributed by atoms with Gasteiger partial charge < -0.3 is 47.5 Å². The van der Waals surface area contributed by atoms with Crippen molar-refractivity contribution in [1.82, 2.24) is 0 Å². The second-order valence-corrected chi connectivity index (χ2v) is 19.5. The van der Waals surface area contributed by atoms with Gasteiger partial charge >= 0.3 is 11.9 Å². The molecule has 12 nitrogen and oxygen atoms in total. The Morgan fingerprint density at radius 3 is 1.18 bits per heavy atom. The first-order chi connectivity index (χ1) is 28.4. The van der Waals surface area contributed by atoms with Crippen molar-refractivity contribution < 1.29 is 57.1 Å². The fourth-order valence-corrected chi connectivity index (χ4v) is 6.37. The van der Waals surface area contributed by atoms with Crippen LogP contribution in [0.25, 0.3) is 0 Å². The van der Waals surface area contributed by atoms with Gasteiger partial charge in [0, 0.05) is 12.8 Å². The van der Waals surface area contributed by atoms with Crippen LogP contribution in [0.1, 0.15) is 194 Å². The number of aliphatic hydroxyl groups excluding tert-OH is 2. The molecule has 0 amide bonds. The first-order valence-electron chi connectivity index (χ1n) is 23.9. The zero-order valence-corrected chi connectivity index (χ0v) is 41.2. The Morgan fingerprint density at radius 1 is 0.533 bits per heavy atom. The maximum atomic E-state index is 12.3. The van der Waals surface area contributed by atoms with E-state index in [0.717, 1.165) is 67.0 Å². The minimum atomic E-state index is -5.24. The number of phosphoric ester groups is 1. The third-order valence-corrected chi connectivity index (χ3v) is 10.3. The second kappa shape index (κ2) is 44.2. The molecule has 0 aliphatic heterocycles. The predicted octanol–water partition coefficient (Wildman–Crippen LogP) is 9.18. The van der Waals surface area contributed by atoms with Crippen LogP contribution in [0.4, 0.5) is 0 Å². The second-order valence-electron chi connectivity index (χ2n) is 18.3. The highest BCUT2D eigenvalue weighted by molar-refractivity contribution is 7.43. The Balaban J connectivity index is -0.00000196. The van der Waals surface area contributed by atoms with Crippen LogP contribution in [0.5, 0.6) is 0 Å². The summed E-state index contributed by atoms with van der Waals surface area (Å²) >= 11 is 0. The van der Waals surface area contributed by atoms with Gasteiger partial charge in [0.15, 0.2) is 6.10 Å².